The first kappa shape index (κ1) is 18.4. The van der Waals surface area contributed by atoms with Crippen LogP contribution in [0.25, 0.3) is 0 Å². The molecule has 0 radical (unpaired) electrons. The van der Waals surface area contributed by atoms with E-state index in [1.807, 2.05) is 43.0 Å². The first-order valence-electron chi connectivity index (χ1n) is 9.29. The quantitative estimate of drug-likeness (QED) is 0.809. The van der Waals surface area contributed by atoms with E-state index >= 15 is 0 Å². The van der Waals surface area contributed by atoms with Gasteiger partial charge in [0.25, 0.3) is 5.91 Å². The number of ether oxygens (including phenoxy) is 2. The van der Waals surface area contributed by atoms with E-state index in [0.29, 0.717) is 32.3 Å². The number of para-hydroxylation sites is 1. The summed E-state index contributed by atoms with van der Waals surface area (Å²) in [6.45, 7) is 12.6. The molecule has 0 unspecified atom stereocenters. The predicted octanol–water partition coefficient (Wildman–Crippen LogP) is 4.12. The smallest absolute Gasteiger partial charge is 0.255 e. The fourth-order valence-electron chi connectivity index (χ4n) is 3.75. The van der Waals surface area contributed by atoms with E-state index in [9.17, 15) is 4.79 Å². The molecule has 0 N–H and O–H groups in total. The lowest BCUT2D eigenvalue weighted by Crippen LogP contribution is -2.31. The molecule has 1 aliphatic heterocycles. The SMILES string of the molecule is CCN(Cc1cccc2c1OCCO2)C(=O)c1cc(C)n(C(C)C)c1C. The van der Waals surface area contributed by atoms with Gasteiger partial charge in [-0.2, -0.15) is 0 Å². The second-order valence-corrected chi connectivity index (χ2v) is 7.01. The number of benzene rings is 1. The molecular weight excluding hydrogens is 328 g/mol. The van der Waals surface area contributed by atoms with Crippen molar-refractivity contribution in [1.29, 1.82) is 0 Å². The minimum Gasteiger partial charge on any atom is -0.486 e. The minimum absolute atomic E-state index is 0.0573. The highest BCUT2D eigenvalue weighted by Crippen LogP contribution is 2.34. The first-order chi connectivity index (χ1) is 12.4. The van der Waals surface area contributed by atoms with Crippen LogP contribution in [0.5, 0.6) is 11.5 Å². The molecular formula is C21H28N2O3. The van der Waals surface area contributed by atoms with Crippen molar-refractivity contribution in [1.82, 2.24) is 9.47 Å². The van der Waals surface area contributed by atoms with E-state index in [1.165, 1.54) is 0 Å². The average Bonchev–Trinajstić information content (AvgIpc) is 2.93. The molecule has 0 saturated carbocycles. The molecule has 0 saturated heterocycles. The van der Waals surface area contributed by atoms with Crippen molar-refractivity contribution in [3.63, 3.8) is 0 Å². The molecule has 3 rings (SSSR count). The van der Waals surface area contributed by atoms with E-state index < -0.39 is 0 Å². The lowest BCUT2D eigenvalue weighted by Gasteiger charge is -2.25. The van der Waals surface area contributed by atoms with Gasteiger partial charge in [-0.1, -0.05) is 12.1 Å². The van der Waals surface area contributed by atoms with Crippen LogP contribution in [-0.2, 0) is 6.54 Å². The minimum atomic E-state index is 0.0573. The Morgan fingerprint density at radius 2 is 1.96 bits per heavy atom. The number of aromatic nitrogens is 1. The molecule has 2 heterocycles. The average molecular weight is 356 g/mol. The number of amides is 1. The molecule has 0 atom stereocenters. The van der Waals surface area contributed by atoms with E-state index in [2.05, 4.69) is 25.3 Å². The third-order valence-corrected chi connectivity index (χ3v) is 4.91. The van der Waals surface area contributed by atoms with Gasteiger partial charge in [0.1, 0.15) is 13.2 Å². The number of carbonyl (C=O) groups is 1. The van der Waals surface area contributed by atoms with E-state index in [0.717, 1.165) is 34.0 Å². The van der Waals surface area contributed by atoms with Crippen LogP contribution in [0.2, 0.25) is 0 Å². The number of nitrogens with zero attached hydrogens (tertiary/aromatic N) is 2. The molecule has 1 aromatic carbocycles. The third kappa shape index (κ3) is 3.30. The summed E-state index contributed by atoms with van der Waals surface area (Å²) in [5.41, 5.74) is 3.90. The van der Waals surface area contributed by atoms with Gasteiger partial charge in [0, 0.05) is 36.1 Å². The summed E-state index contributed by atoms with van der Waals surface area (Å²) in [4.78, 5) is 15.1. The highest BCUT2D eigenvalue weighted by Gasteiger charge is 2.24. The summed E-state index contributed by atoms with van der Waals surface area (Å²) in [5, 5.41) is 0. The third-order valence-electron chi connectivity index (χ3n) is 4.91. The monoisotopic (exact) mass is 356 g/mol. The Labute approximate surface area is 155 Å². The summed E-state index contributed by atoms with van der Waals surface area (Å²) in [6, 6.07) is 8.19. The van der Waals surface area contributed by atoms with Gasteiger partial charge in [0.15, 0.2) is 11.5 Å². The van der Waals surface area contributed by atoms with Gasteiger partial charge in [0.05, 0.1) is 5.56 Å². The summed E-state index contributed by atoms with van der Waals surface area (Å²) in [7, 11) is 0. The molecule has 1 amide bonds. The number of fused-ring (bicyclic) bond motifs is 1. The maximum Gasteiger partial charge on any atom is 0.255 e. The maximum atomic E-state index is 13.2. The van der Waals surface area contributed by atoms with Gasteiger partial charge in [-0.15, -0.1) is 0 Å². The number of carbonyl (C=O) groups excluding carboxylic acids is 1. The zero-order valence-corrected chi connectivity index (χ0v) is 16.3. The topological polar surface area (TPSA) is 43.7 Å². The van der Waals surface area contributed by atoms with Crippen LogP contribution < -0.4 is 9.47 Å². The molecule has 0 fully saturated rings. The molecule has 2 aromatic rings. The standard InChI is InChI=1S/C21H28N2O3/c1-6-22(13-17-8-7-9-19-20(17)26-11-10-25-19)21(24)18-12-15(4)23(14(2)3)16(18)5/h7-9,12,14H,6,10-11,13H2,1-5H3. The predicted molar refractivity (Wildman–Crippen MR) is 102 cm³/mol. The van der Waals surface area contributed by atoms with Crippen LogP contribution >= 0.6 is 0 Å². The number of aryl methyl sites for hydroxylation is 1. The van der Waals surface area contributed by atoms with Gasteiger partial charge < -0.3 is 18.9 Å². The summed E-state index contributed by atoms with van der Waals surface area (Å²) >= 11 is 0. The molecule has 1 aromatic heterocycles. The summed E-state index contributed by atoms with van der Waals surface area (Å²) in [5.74, 6) is 1.58. The van der Waals surface area contributed by atoms with Crippen LogP contribution in [0.15, 0.2) is 24.3 Å². The molecule has 0 bridgehead atoms. The Morgan fingerprint density at radius 1 is 1.23 bits per heavy atom. The fraction of sp³-hybridized carbons (Fsp3) is 0.476. The molecule has 140 valence electrons. The lowest BCUT2D eigenvalue weighted by atomic mass is 10.1. The Bertz CT molecular complexity index is 808. The van der Waals surface area contributed by atoms with Gasteiger partial charge in [-0.05, 0) is 46.8 Å². The fourth-order valence-corrected chi connectivity index (χ4v) is 3.75. The Kier molecular flexibility index (Phi) is 5.25. The Hall–Kier alpha value is -2.43. The van der Waals surface area contributed by atoms with Crippen LogP contribution in [0.3, 0.4) is 0 Å². The number of hydrogen-bond acceptors (Lipinski definition) is 3. The molecule has 0 aliphatic carbocycles. The Balaban J connectivity index is 1.88. The van der Waals surface area contributed by atoms with Crippen molar-refractivity contribution >= 4 is 5.91 Å². The zero-order valence-electron chi connectivity index (χ0n) is 16.3. The van der Waals surface area contributed by atoms with Crippen molar-refractivity contribution in [2.75, 3.05) is 19.8 Å². The molecule has 1 aliphatic rings. The van der Waals surface area contributed by atoms with Crippen LogP contribution in [0, 0.1) is 13.8 Å². The molecule has 26 heavy (non-hydrogen) atoms. The largest absolute Gasteiger partial charge is 0.486 e. The lowest BCUT2D eigenvalue weighted by molar-refractivity contribution is 0.0748. The van der Waals surface area contributed by atoms with E-state index in [-0.39, 0.29) is 5.91 Å². The Morgan fingerprint density at radius 3 is 2.62 bits per heavy atom. The molecule has 5 nitrogen and oxygen atoms in total. The number of hydrogen-bond donors (Lipinski definition) is 0. The van der Waals surface area contributed by atoms with Gasteiger partial charge in [-0.3, -0.25) is 4.79 Å². The number of rotatable bonds is 5. The van der Waals surface area contributed by atoms with Gasteiger partial charge in [0.2, 0.25) is 0 Å². The second kappa shape index (κ2) is 7.44. The zero-order chi connectivity index (χ0) is 18.8. The highest BCUT2D eigenvalue weighted by molar-refractivity contribution is 5.95. The maximum absolute atomic E-state index is 13.2. The molecule has 0 spiro atoms. The second-order valence-electron chi connectivity index (χ2n) is 7.01. The van der Waals surface area contributed by atoms with Crippen LogP contribution in [0.4, 0.5) is 0 Å². The van der Waals surface area contributed by atoms with Crippen LogP contribution in [0.1, 0.15) is 54.1 Å². The van der Waals surface area contributed by atoms with Crippen molar-refractivity contribution in [2.45, 2.75) is 47.2 Å². The first-order valence-corrected chi connectivity index (χ1v) is 9.29. The summed E-state index contributed by atoms with van der Waals surface area (Å²) < 4.78 is 13.7. The normalized spacial score (nSPS) is 13.2. The van der Waals surface area contributed by atoms with Gasteiger partial charge >= 0.3 is 0 Å². The van der Waals surface area contributed by atoms with Crippen molar-refractivity contribution in [3.05, 3.63) is 46.8 Å². The highest BCUT2D eigenvalue weighted by atomic mass is 16.6. The summed E-state index contributed by atoms with van der Waals surface area (Å²) in [6.07, 6.45) is 0. The van der Waals surface area contributed by atoms with Crippen molar-refractivity contribution in [3.8, 4) is 11.5 Å². The van der Waals surface area contributed by atoms with Crippen molar-refractivity contribution < 1.29 is 14.3 Å². The van der Waals surface area contributed by atoms with Crippen molar-refractivity contribution in [2.24, 2.45) is 0 Å². The van der Waals surface area contributed by atoms with Gasteiger partial charge in [-0.25, -0.2) is 0 Å². The van der Waals surface area contributed by atoms with Crippen LogP contribution in [-0.4, -0.2) is 35.1 Å². The molecule has 5 heteroatoms. The van der Waals surface area contributed by atoms with E-state index in [4.69, 9.17) is 9.47 Å². The van der Waals surface area contributed by atoms with E-state index in [1.54, 1.807) is 0 Å².